The van der Waals surface area contributed by atoms with E-state index in [-0.39, 0.29) is 11.3 Å². The van der Waals surface area contributed by atoms with Gasteiger partial charge in [0.1, 0.15) is 0 Å². The minimum atomic E-state index is 0.120. The maximum Gasteiger partial charge on any atom is 0.321 e. The van der Waals surface area contributed by atoms with Crippen LogP contribution in [0.1, 0.15) is 0 Å². The number of ether oxygens (including phenoxy) is 1. The fourth-order valence-corrected chi connectivity index (χ4v) is 2.59. The first-order valence-corrected chi connectivity index (χ1v) is 5.99. The Morgan fingerprint density at radius 3 is 2.73 bits per heavy atom. The Hall–Kier alpha value is -0.720. The highest BCUT2D eigenvalue weighted by Crippen LogP contribution is 2.30. The van der Waals surface area contributed by atoms with E-state index < -0.39 is 0 Å². The van der Waals surface area contributed by atoms with Gasteiger partial charge in [0.25, 0.3) is 0 Å². The van der Waals surface area contributed by atoms with Crippen molar-refractivity contribution in [2.45, 2.75) is 0 Å². The molecule has 0 saturated carbocycles. The van der Waals surface area contributed by atoms with E-state index in [0.29, 0.717) is 5.82 Å². The van der Waals surface area contributed by atoms with Crippen molar-refractivity contribution < 1.29 is 4.74 Å². The van der Waals surface area contributed by atoms with E-state index in [4.69, 9.17) is 16.3 Å². The van der Waals surface area contributed by atoms with Crippen LogP contribution in [-0.4, -0.2) is 22.1 Å². The molecular weight excluding hydrogens is 302 g/mol. The lowest BCUT2D eigenvalue weighted by molar-refractivity contribution is 0.379. The summed E-state index contributed by atoms with van der Waals surface area (Å²) in [5.74, 6) is 0.500. The fourth-order valence-electron chi connectivity index (χ4n) is 0.985. The van der Waals surface area contributed by atoms with Crippen LogP contribution in [-0.2, 0) is 0 Å². The average molecular weight is 307 g/mol. The van der Waals surface area contributed by atoms with E-state index in [2.05, 4.69) is 30.9 Å². The first-order valence-electron chi connectivity index (χ1n) is 3.88. The zero-order chi connectivity index (χ0) is 10.8. The Bertz CT molecular complexity index is 490. The first-order chi connectivity index (χ1) is 7.20. The standard InChI is InChI=1S/C8H5BrClN3OS/c1-14-8-12-6(11-7(10)13-8)4-2-15-3-5(4)9/h2-3H,1H3. The van der Waals surface area contributed by atoms with Gasteiger partial charge in [-0.3, -0.25) is 0 Å². The summed E-state index contributed by atoms with van der Waals surface area (Å²) in [4.78, 5) is 11.9. The van der Waals surface area contributed by atoms with Gasteiger partial charge in [-0.05, 0) is 27.5 Å². The SMILES string of the molecule is COc1nc(Cl)nc(-c2cscc2Br)n1. The Balaban J connectivity index is 2.53. The number of methoxy groups -OCH3 is 1. The zero-order valence-electron chi connectivity index (χ0n) is 7.57. The van der Waals surface area contributed by atoms with Crippen LogP contribution in [0.15, 0.2) is 15.2 Å². The lowest BCUT2D eigenvalue weighted by Crippen LogP contribution is -1.97. The van der Waals surface area contributed by atoms with Crippen LogP contribution in [0.25, 0.3) is 11.4 Å². The Morgan fingerprint density at radius 2 is 2.13 bits per heavy atom. The van der Waals surface area contributed by atoms with Gasteiger partial charge in [-0.2, -0.15) is 26.3 Å². The molecule has 0 spiro atoms. The molecule has 0 aromatic carbocycles. The molecule has 2 aromatic heterocycles. The van der Waals surface area contributed by atoms with Gasteiger partial charge in [0.15, 0.2) is 5.82 Å². The van der Waals surface area contributed by atoms with Crippen LogP contribution >= 0.6 is 38.9 Å². The Labute approximate surface area is 103 Å². The van der Waals surface area contributed by atoms with E-state index in [1.165, 1.54) is 7.11 Å². The molecule has 0 bridgehead atoms. The lowest BCUT2D eigenvalue weighted by Gasteiger charge is -2.01. The quantitative estimate of drug-likeness (QED) is 0.855. The summed E-state index contributed by atoms with van der Waals surface area (Å²) < 4.78 is 5.84. The van der Waals surface area contributed by atoms with Gasteiger partial charge in [0.05, 0.1) is 7.11 Å². The molecule has 0 N–H and O–H groups in total. The lowest BCUT2D eigenvalue weighted by atomic mass is 10.3. The van der Waals surface area contributed by atoms with Crippen molar-refractivity contribution in [3.8, 4) is 17.4 Å². The predicted octanol–water partition coefficient (Wildman–Crippen LogP) is 3.02. The van der Waals surface area contributed by atoms with E-state index in [9.17, 15) is 0 Å². The van der Waals surface area contributed by atoms with Gasteiger partial charge in [-0.25, -0.2) is 0 Å². The average Bonchev–Trinajstić information content (AvgIpc) is 2.63. The molecule has 0 fully saturated rings. The third kappa shape index (κ3) is 2.27. The van der Waals surface area contributed by atoms with E-state index >= 15 is 0 Å². The van der Waals surface area contributed by atoms with Crippen molar-refractivity contribution in [2.24, 2.45) is 0 Å². The molecule has 0 aliphatic heterocycles. The number of hydrogen-bond acceptors (Lipinski definition) is 5. The van der Waals surface area contributed by atoms with E-state index in [0.717, 1.165) is 10.0 Å². The number of thiophene rings is 1. The van der Waals surface area contributed by atoms with Crippen LogP contribution in [0.3, 0.4) is 0 Å². The van der Waals surface area contributed by atoms with Gasteiger partial charge in [0.2, 0.25) is 5.28 Å². The molecule has 0 saturated heterocycles. The van der Waals surface area contributed by atoms with Crippen molar-refractivity contribution in [2.75, 3.05) is 7.11 Å². The Morgan fingerprint density at radius 1 is 1.33 bits per heavy atom. The fraction of sp³-hybridized carbons (Fsp3) is 0.125. The van der Waals surface area contributed by atoms with Gasteiger partial charge in [-0.15, -0.1) is 0 Å². The van der Waals surface area contributed by atoms with Crippen LogP contribution in [0.5, 0.6) is 6.01 Å². The van der Waals surface area contributed by atoms with Crippen molar-refractivity contribution in [3.05, 3.63) is 20.5 Å². The summed E-state index contributed by atoms with van der Waals surface area (Å²) >= 11 is 10.7. The monoisotopic (exact) mass is 305 g/mol. The number of hydrogen-bond donors (Lipinski definition) is 0. The van der Waals surface area contributed by atoms with Crippen LogP contribution in [0, 0.1) is 0 Å². The topological polar surface area (TPSA) is 47.9 Å². The molecule has 15 heavy (non-hydrogen) atoms. The number of nitrogens with zero attached hydrogens (tertiary/aromatic N) is 3. The second kappa shape index (κ2) is 4.42. The van der Waals surface area contributed by atoms with E-state index in [1.807, 2.05) is 10.8 Å². The molecule has 0 amide bonds. The zero-order valence-corrected chi connectivity index (χ0v) is 10.7. The number of halogens is 2. The highest BCUT2D eigenvalue weighted by Gasteiger charge is 2.11. The molecule has 2 rings (SSSR count). The van der Waals surface area contributed by atoms with Crippen LogP contribution < -0.4 is 4.74 Å². The molecule has 0 unspecified atom stereocenters. The predicted molar refractivity (Wildman–Crippen MR) is 62.4 cm³/mol. The second-order valence-corrected chi connectivity index (χ2v) is 4.48. The highest BCUT2D eigenvalue weighted by atomic mass is 79.9. The van der Waals surface area contributed by atoms with Gasteiger partial charge in [-0.1, -0.05) is 0 Å². The first kappa shape index (κ1) is 10.8. The van der Waals surface area contributed by atoms with Crippen molar-refractivity contribution in [3.63, 3.8) is 0 Å². The summed E-state index contributed by atoms with van der Waals surface area (Å²) in [7, 11) is 1.48. The largest absolute Gasteiger partial charge is 0.467 e. The maximum absolute atomic E-state index is 5.74. The minimum absolute atomic E-state index is 0.120. The summed E-state index contributed by atoms with van der Waals surface area (Å²) in [6, 6.07) is 0.211. The Kier molecular flexibility index (Phi) is 3.18. The molecule has 0 aliphatic carbocycles. The molecule has 2 heterocycles. The van der Waals surface area contributed by atoms with Crippen molar-refractivity contribution in [1.29, 1.82) is 0 Å². The molecule has 0 atom stereocenters. The van der Waals surface area contributed by atoms with Gasteiger partial charge < -0.3 is 4.74 Å². The van der Waals surface area contributed by atoms with E-state index in [1.54, 1.807) is 11.3 Å². The summed E-state index contributed by atoms with van der Waals surface area (Å²) in [5.41, 5.74) is 0.877. The van der Waals surface area contributed by atoms with Crippen molar-refractivity contribution in [1.82, 2.24) is 15.0 Å². The molecular formula is C8H5BrClN3OS. The molecule has 78 valence electrons. The van der Waals surface area contributed by atoms with Crippen LogP contribution in [0.4, 0.5) is 0 Å². The second-order valence-electron chi connectivity index (χ2n) is 2.55. The molecule has 0 radical (unpaired) electrons. The molecule has 7 heteroatoms. The third-order valence-corrected chi connectivity index (χ3v) is 3.50. The molecule has 4 nitrogen and oxygen atoms in total. The third-order valence-electron chi connectivity index (χ3n) is 1.63. The minimum Gasteiger partial charge on any atom is -0.467 e. The summed E-state index contributed by atoms with van der Waals surface area (Å²) in [6.07, 6.45) is 0. The summed E-state index contributed by atoms with van der Waals surface area (Å²) in [5, 5.41) is 3.99. The smallest absolute Gasteiger partial charge is 0.321 e. The highest BCUT2D eigenvalue weighted by molar-refractivity contribution is 9.10. The number of rotatable bonds is 2. The normalized spacial score (nSPS) is 10.3. The molecule has 2 aromatic rings. The van der Waals surface area contributed by atoms with Crippen LogP contribution in [0.2, 0.25) is 5.28 Å². The van der Waals surface area contributed by atoms with Gasteiger partial charge >= 0.3 is 6.01 Å². The van der Waals surface area contributed by atoms with Gasteiger partial charge in [0, 0.05) is 20.8 Å². The maximum atomic E-state index is 5.74. The number of aromatic nitrogens is 3. The molecule has 0 aliphatic rings. The van der Waals surface area contributed by atoms with Crippen molar-refractivity contribution >= 4 is 38.9 Å². The summed E-state index contributed by atoms with van der Waals surface area (Å²) in [6.45, 7) is 0.